The summed E-state index contributed by atoms with van der Waals surface area (Å²) in [5.41, 5.74) is 7.17. The molecular formula is C22H24N4O. The highest BCUT2D eigenvalue weighted by atomic mass is 16.1. The van der Waals surface area contributed by atoms with Crippen LogP contribution in [0.5, 0.6) is 0 Å². The number of amides is 1. The van der Waals surface area contributed by atoms with Gasteiger partial charge in [0.1, 0.15) is 0 Å². The standard InChI is InChI=1S/C22H24N4O/c1-14-9-16(3)20(17(4)10-14)26-22-24-12-19(13-25-22)21(27)23-11-18-8-6-5-7-15(18)2/h5-10,12-13H,11H2,1-4H3,(H,23,27)(H,24,25,26). The summed E-state index contributed by atoms with van der Waals surface area (Å²) in [6.07, 6.45) is 3.09. The fraction of sp³-hybridized carbons (Fsp3) is 0.227. The Morgan fingerprint density at radius 2 is 1.56 bits per heavy atom. The van der Waals surface area contributed by atoms with Crippen LogP contribution in [0, 0.1) is 27.7 Å². The number of nitrogens with one attached hydrogen (secondary N) is 2. The van der Waals surface area contributed by atoms with Crippen molar-refractivity contribution < 1.29 is 4.79 Å². The van der Waals surface area contributed by atoms with Crippen molar-refractivity contribution in [1.82, 2.24) is 15.3 Å². The fourth-order valence-electron chi connectivity index (χ4n) is 3.08. The minimum absolute atomic E-state index is 0.187. The normalized spacial score (nSPS) is 10.5. The molecular weight excluding hydrogens is 336 g/mol. The molecule has 0 saturated heterocycles. The molecule has 1 heterocycles. The molecule has 0 unspecified atom stereocenters. The Morgan fingerprint density at radius 1 is 0.926 bits per heavy atom. The van der Waals surface area contributed by atoms with Gasteiger partial charge in [-0.3, -0.25) is 4.79 Å². The topological polar surface area (TPSA) is 66.9 Å². The first-order valence-corrected chi connectivity index (χ1v) is 8.93. The number of nitrogens with zero attached hydrogens (tertiary/aromatic N) is 2. The molecule has 1 aromatic heterocycles. The highest BCUT2D eigenvalue weighted by Gasteiger charge is 2.09. The quantitative estimate of drug-likeness (QED) is 0.708. The summed E-state index contributed by atoms with van der Waals surface area (Å²) in [4.78, 5) is 20.9. The van der Waals surface area contributed by atoms with Crippen molar-refractivity contribution >= 4 is 17.5 Å². The summed E-state index contributed by atoms with van der Waals surface area (Å²) in [6, 6.07) is 12.2. The van der Waals surface area contributed by atoms with Crippen LogP contribution in [0.3, 0.4) is 0 Å². The fourth-order valence-corrected chi connectivity index (χ4v) is 3.08. The number of rotatable bonds is 5. The van der Waals surface area contributed by atoms with Gasteiger partial charge in [0, 0.05) is 24.6 Å². The predicted octanol–water partition coefficient (Wildman–Crippen LogP) is 4.38. The summed E-state index contributed by atoms with van der Waals surface area (Å²) in [5, 5.41) is 6.16. The van der Waals surface area contributed by atoms with Crippen LogP contribution in [0.25, 0.3) is 0 Å². The Kier molecular flexibility index (Phi) is 5.50. The molecule has 5 heteroatoms. The zero-order valence-corrected chi connectivity index (χ0v) is 16.1. The first kappa shape index (κ1) is 18.6. The number of aryl methyl sites for hydroxylation is 4. The first-order chi connectivity index (χ1) is 12.9. The van der Waals surface area contributed by atoms with Gasteiger partial charge in [-0.15, -0.1) is 0 Å². The molecule has 0 bridgehead atoms. The minimum atomic E-state index is -0.187. The predicted molar refractivity (Wildman–Crippen MR) is 108 cm³/mol. The average molecular weight is 360 g/mol. The van der Waals surface area contributed by atoms with Crippen LogP contribution in [0.1, 0.15) is 38.2 Å². The van der Waals surface area contributed by atoms with Gasteiger partial charge in [0.05, 0.1) is 5.56 Å². The smallest absolute Gasteiger partial charge is 0.254 e. The van der Waals surface area contributed by atoms with Crippen molar-refractivity contribution in [2.45, 2.75) is 34.2 Å². The zero-order chi connectivity index (χ0) is 19.4. The van der Waals surface area contributed by atoms with Crippen LogP contribution in [0.4, 0.5) is 11.6 Å². The van der Waals surface area contributed by atoms with Gasteiger partial charge >= 0.3 is 0 Å². The molecule has 1 amide bonds. The molecule has 3 rings (SSSR count). The van der Waals surface area contributed by atoms with Crippen molar-refractivity contribution in [3.8, 4) is 0 Å². The Morgan fingerprint density at radius 3 is 2.19 bits per heavy atom. The van der Waals surface area contributed by atoms with Crippen molar-refractivity contribution in [1.29, 1.82) is 0 Å². The second-order valence-corrected chi connectivity index (χ2v) is 6.80. The summed E-state index contributed by atoms with van der Waals surface area (Å²) in [5.74, 6) is 0.285. The third-order valence-corrected chi connectivity index (χ3v) is 4.53. The molecule has 0 aliphatic rings. The lowest BCUT2D eigenvalue weighted by Gasteiger charge is -2.13. The van der Waals surface area contributed by atoms with E-state index in [1.807, 2.05) is 31.2 Å². The van der Waals surface area contributed by atoms with Gasteiger partial charge in [0.2, 0.25) is 5.95 Å². The van der Waals surface area contributed by atoms with Crippen LogP contribution in [0.2, 0.25) is 0 Å². The van der Waals surface area contributed by atoms with Crippen molar-refractivity contribution in [3.05, 3.63) is 82.2 Å². The number of aromatic nitrogens is 2. The van der Waals surface area contributed by atoms with Gasteiger partial charge < -0.3 is 10.6 Å². The number of carbonyl (C=O) groups excluding carboxylic acids is 1. The van der Waals surface area contributed by atoms with E-state index in [9.17, 15) is 4.79 Å². The summed E-state index contributed by atoms with van der Waals surface area (Å²) >= 11 is 0. The molecule has 0 saturated carbocycles. The number of carbonyl (C=O) groups is 1. The number of hydrogen-bond acceptors (Lipinski definition) is 4. The highest BCUT2D eigenvalue weighted by Crippen LogP contribution is 2.24. The van der Waals surface area contributed by atoms with E-state index in [0.29, 0.717) is 18.1 Å². The van der Waals surface area contributed by atoms with Crippen molar-refractivity contribution in [2.24, 2.45) is 0 Å². The Hall–Kier alpha value is -3.21. The molecule has 138 valence electrons. The zero-order valence-electron chi connectivity index (χ0n) is 16.1. The van der Waals surface area contributed by atoms with Crippen molar-refractivity contribution in [2.75, 3.05) is 5.32 Å². The molecule has 0 radical (unpaired) electrons. The number of hydrogen-bond donors (Lipinski definition) is 2. The third kappa shape index (κ3) is 4.50. The van der Waals surface area contributed by atoms with Crippen LogP contribution in [0.15, 0.2) is 48.8 Å². The summed E-state index contributed by atoms with van der Waals surface area (Å²) in [7, 11) is 0. The minimum Gasteiger partial charge on any atom is -0.348 e. The summed E-state index contributed by atoms with van der Waals surface area (Å²) < 4.78 is 0. The molecule has 0 atom stereocenters. The monoisotopic (exact) mass is 360 g/mol. The maximum absolute atomic E-state index is 12.3. The van der Waals surface area contributed by atoms with E-state index < -0.39 is 0 Å². The van der Waals surface area contributed by atoms with Crippen molar-refractivity contribution in [3.63, 3.8) is 0 Å². The van der Waals surface area contributed by atoms with Crippen LogP contribution in [-0.4, -0.2) is 15.9 Å². The molecule has 0 aliphatic heterocycles. The van der Waals surface area contributed by atoms with E-state index in [2.05, 4.69) is 53.5 Å². The van der Waals surface area contributed by atoms with E-state index in [4.69, 9.17) is 0 Å². The average Bonchev–Trinajstić information content (AvgIpc) is 2.64. The van der Waals surface area contributed by atoms with Crippen LogP contribution in [-0.2, 0) is 6.54 Å². The van der Waals surface area contributed by atoms with E-state index in [1.54, 1.807) is 12.4 Å². The number of benzene rings is 2. The van der Waals surface area contributed by atoms with Gasteiger partial charge in [-0.1, -0.05) is 42.0 Å². The van der Waals surface area contributed by atoms with Crippen LogP contribution >= 0.6 is 0 Å². The van der Waals surface area contributed by atoms with E-state index in [-0.39, 0.29) is 5.91 Å². The van der Waals surface area contributed by atoms with E-state index >= 15 is 0 Å². The van der Waals surface area contributed by atoms with E-state index in [1.165, 1.54) is 5.56 Å². The maximum Gasteiger partial charge on any atom is 0.254 e. The molecule has 2 N–H and O–H groups in total. The van der Waals surface area contributed by atoms with Gasteiger partial charge in [-0.2, -0.15) is 0 Å². The highest BCUT2D eigenvalue weighted by molar-refractivity contribution is 5.93. The molecule has 0 aliphatic carbocycles. The first-order valence-electron chi connectivity index (χ1n) is 8.93. The summed E-state index contributed by atoms with van der Waals surface area (Å²) in [6.45, 7) is 8.68. The Bertz CT molecular complexity index is 941. The third-order valence-electron chi connectivity index (χ3n) is 4.53. The second-order valence-electron chi connectivity index (χ2n) is 6.80. The number of anilines is 2. The molecule has 3 aromatic rings. The van der Waals surface area contributed by atoms with Crippen LogP contribution < -0.4 is 10.6 Å². The van der Waals surface area contributed by atoms with Gasteiger partial charge in [0.25, 0.3) is 5.91 Å². The lowest BCUT2D eigenvalue weighted by molar-refractivity contribution is 0.0950. The van der Waals surface area contributed by atoms with Gasteiger partial charge in [0.15, 0.2) is 0 Å². The lowest BCUT2D eigenvalue weighted by Crippen LogP contribution is -2.23. The van der Waals surface area contributed by atoms with E-state index in [0.717, 1.165) is 27.9 Å². The molecule has 5 nitrogen and oxygen atoms in total. The molecule has 2 aromatic carbocycles. The Labute approximate surface area is 159 Å². The largest absolute Gasteiger partial charge is 0.348 e. The Balaban J connectivity index is 1.66. The molecule has 0 spiro atoms. The second kappa shape index (κ2) is 7.99. The SMILES string of the molecule is Cc1cc(C)c(Nc2ncc(C(=O)NCc3ccccc3C)cn2)c(C)c1. The molecule has 27 heavy (non-hydrogen) atoms. The maximum atomic E-state index is 12.3. The van der Waals surface area contributed by atoms with Gasteiger partial charge in [-0.25, -0.2) is 9.97 Å². The van der Waals surface area contributed by atoms with Gasteiger partial charge in [-0.05, 0) is 49.9 Å². The lowest BCUT2D eigenvalue weighted by atomic mass is 10.1. The molecule has 0 fully saturated rings.